The summed E-state index contributed by atoms with van der Waals surface area (Å²) in [6.45, 7) is 1.22. The van der Waals surface area contributed by atoms with Gasteiger partial charge in [0.25, 0.3) is 0 Å². The van der Waals surface area contributed by atoms with E-state index in [9.17, 15) is 17.9 Å². The summed E-state index contributed by atoms with van der Waals surface area (Å²) in [4.78, 5) is 1.91. The zero-order valence-electron chi connectivity index (χ0n) is 13.0. The molecule has 3 rings (SSSR count). The van der Waals surface area contributed by atoms with Gasteiger partial charge in [-0.3, -0.25) is 4.90 Å². The smallest absolute Gasteiger partial charge is 0.217 e. The van der Waals surface area contributed by atoms with Crippen LogP contribution in [0.25, 0.3) is 0 Å². The summed E-state index contributed by atoms with van der Waals surface area (Å²) in [5.74, 6) is -0.339. The molecule has 1 aromatic carbocycles. The molecule has 1 aliphatic heterocycles. The number of hydrogen-bond donors (Lipinski definition) is 2. The summed E-state index contributed by atoms with van der Waals surface area (Å²) < 4.78 is 40.2. The van der Waals surface area contributed by atoms with Crippen LogP contribution in [0.5, 0.6) is 0 Å². The lowest BCUT2D eigenvalue weighted by Gasteiger charge is -2.40. The van der Waals surface area contributed by atoms with Crippen molar-refractivity contribution in [2.45, 2.75) is 43.1 Å². The minimum absolute atomic E-state index is 0.0962. The molecule has 0 amide bonds. The quantitative estimate of drug-likeness (QED) is 0.820. The van der Waals surface area contributed by atoms with E-state index in [4.69, 9.17) is 0 Å². The van der Waals surface area contributed by atoms with Crippen molar-refractivity contribution in [3.8, 4) is 0 Å². The molecule has 1 aromatic rings. The zero-order valence-corrected chi connectivity index (χ0v) is 13.8. The molecule has 2 aliphatic rings. The Morgan fingerprint density at radius 3 is 2.43 bits per heavy atom. The first-order valence-corrected chi connectivity index (χ1v) is 9.66. The van der Waals surface area contributed by atoms with Crippen LogP contribution < -0.4 is 4.72 Å². The molecule has 5 nitrogen and oxygen atoms in total. The average molecular weight is 342 g/mol. The summed E-state index contributed by atoms with van der Waals surface area (Å²) in [7, 11) is -3.27. The lowest BCUT2D eigenvalue weighted by molar-refractivity contribution is 0.0804. The molecule has 0 aromatic heterocycles. The molecule has 128 valence electrons. The minimum Gasteiger partial charge on any atom is -0.387 e. The Kier molecular flexibility index (Phi) is 5.01. The largest absolute Gasteiger partial charge is 0.387 e. The molecule has 1 saturated heterocycles. The number of aliphatic hydroxyl groups excluding tert-OH is 1. The van der Waals surface area contributed by atoms with Gasteiger partial charge in [0.2, 0.25) is 10.0 Å². The number of nitrogens with zero attached hydrogens (tertiary/aromatic N) is 1. The lowest BCUT2D eigenvalue weighted by atomic mass is 10.1. The number of sulfonamides is 1. The first-order chi connectivity index (χ1) is 10.9. The first kappa shape index (κ1) is 16.8. The highest BCUT2D eigenvalue weighted by molar-refractivity contribution is 7.90. The Labute approximate surface area is 136 Å². The second kappa shape index (κ2) is 6.84. The second-order valence-electron chi connectivity index (χ2n) is 6.55. The summed E-state index contributed by atoms with van der Waals surface area (Å²) in [5, 5.41) is 9.74. The molecule has 1 heterocycles. The third kappa shape index (κ3) is 4.09. The highest BCUT2D eigenvalue weighted by Crippen LogP contribution is 2.24. The zero-order chi connectivity index (χ0) is 16.4. The van der Waals surface area contributed by atoms with Gasteiger partial charge >= 0.3 is 0 Å². The normalized spacial score (nSPS) is 22.2. The molecule has 2 N–H and O–H groups in total. The molecular formula is C16H23FN2O3S. The van der Waals surface area contributed by atoms with Gasteiger partial charge in [0.1, 0.15) is 11.1 Å². The highest BCUT2D eigenvalue weighted by Gasteiger charge is 2.39. The summed E-state index contributed by atoms with van der Waals surface area (Å²) in [6, 6.07) is 5.82. The van der Waals surface area contributed by atoms with Crippen molar-refractivity contribution in [1.29, 1.82) is 0 Å². The van der Waals surface area contributed by atoms with Gasteiger partial charge in [0.05, 0.1) is 6.10 Å². The van der Waals surface area contributed by atoms with Crippen molar-refractivity contribution in [3.63, 3.8) is 0 Å². The summed E-state index contributed by atoms with van der Waals surface area (Å²) in [6.07, 6.45) is 3.31. The van der Waals surface area contributed by atoms with Crippen LogP contribution in [0.3, 0.4) is 0 Å². The Bertz CT molecular complexity index is 623. The van der Waals surface area contributed by atoms with Crippen molar-refractivity contribution >= 4 is 10.0 Å². The van der Waals surface area contributed by atoms with Crippen LogP contribution in [-0.4, -0.2) is 49.4 Å². The van der Waals surface area contributed by atoms with Gasteiger partial charge in [-0.2, -0.15) is 0 Å². The van der Waals surface area contributed by atoms with Crippen LogP contribution in [0.2, 0.25) is 0 Å². The Morgan fingerprint density at radius 1 is 1.22 bits per heavy atom. The van der Waals surface area contributed by atoms with E-state index in [-0.39, 0.29) is 11.9 Å². The molecule has 0 bridgehead atoms. The number of nitrogens with one attached hydrogen (secondary N) is 1. The standard InChI is InChI=1S/C16H23FN2O3S/c17-13-7-5-12(6-8-13)16(20)11-19-9-15(10-19)23(21,22)18-14-3-1-2-4-14/h5-8,14-16,18,20H,1-4,9-11H2/t16-/m0/s1. The number of aliphatic hydroxyl groups is 1. The predicted molar refractivity (Wildman–Crippen MR) is 85.9 cm³/mol. The van der Waals surface area contributed by atoms with Crippen LogP contribution in [0.4, 0.5) is 4.39 Å². The van der Waals surface area contributed by atoms with E-state index in [1.165, 1.54) is 12.1 Å². The van der Waals surface area contributed by atoms with Gasteiger partial charge < -0.3 is 5.11 Å². The fraction of sp³-hybridized carbons (Fsp3) is 0.625. The number of halogens is 1. The van der Waals surface area contributed by atoms with E-state index in [1.807, 2.05) is 4.90 Å². The monoisotopic (exact) mass is 342 g/mol. The van der Waals surface area contributed by atoms with E-state index in [0.29, 0.717) is 25.2 Å². The van der Waals surface area contributed by atoms with E-state index < -0.39 is 21.4 Å². The maximum absolute atomic E-state index is 12.9. The number of rotatable bonds is 6. The van der Waals surface area contributed by atoms with Crippen molar-refractivity contribution in [2.24, 2.45) is 0 Å². The van der Waals surface area contributed by atoms with Crippen molar-refractivity contribution in [1.82, 2.24) is 9.62 Å². The third-order valence-corrected chi connectivity index (χ3v) is 6.57. The Balaban J connectivity index is 1.47. The first-order valence-electron chi connectivity index (χ1n) is 8.11. The van der Waals surface area contributed by atoms with Crippen LogP contribution >= 0.6 is 0 Å². The van der Waals surface area contributed by atoms with Crippen LogP contribution in [0, 0.1) is 5.82 Å². The van der Waals surface area contributed by atoms with Gasteiger partial charge in [-0.1, -0.05) is 25.0 Å². The van der Waals surface area contributed by atoms with E-state index in [2.05, 4.69) is 4.72 Å². The van der Waals surface area contributed by atoms with Crippen molar-refractivity contribution < 1.29 is 17.9 Å². The number of likely N-dealkylation sites (tertiary alicyclic amines) is 1. The van der Waals surface area contributed by atoms with E-state index in [0.717, 1.165) is 25.7 Å². The molecule has 1 saturated carbocycles. The molecular weight excluding hydrogens is 319 g/mol. The SMILES string of the molecule is O=S(=O)(NC1CCCC1)C1CN(C[C@H](O)c2ccc(F)cc2)C1. The van der Waals surface area contributed by atoms with Crippen molar-refractivity contribution in [3.05, 3.63) is 35.6 Å². The number of β-amino-alcohol motifs (C(OH)–C–C–N with tert-alkyl or cyclic N) is 1. The topological polar surface area (TPSA) is 69.6 Å². The molecule has 0 radical (unpaired) electrons. The fourth-order valence-electron chi connectivity index (χ4n) is 3.27. The van der Waals surface area contributed by atoms with E-state index in [1.54, 1.807) is 12.1 Å². The molecule has 1 aliphatic carbocycles. The second-order valence-corrected chi connectivity index (χ2v) is 8.54. The number of hydrogen-bond acceptors (Lipinski definition) is 4. The highest BCUT2D eigenvalue weighted by atomic mass is 32.2. The third-order valence-electron chi connectivity index (χ3n) is 4.73. The molecule has 23 heavy (non-hydrogen) atoms. The van der Waals surface area contributed by atoms with Crippen molar-refractivity contribution in [2.75, 3.05) is 19.6 Å². The maximum Gasteiger partial charge on any atom is 0.217 e. The molecule has 1 atom stereocenters. The summed E-state index contributed by atoms with van der Waals surface area (Å²) >= 11 is 0. The predicted octanol–water partition coefficient (Wildman–Crippen LogP) is 1.41. The lowest BCUT2D eigenvalue weighted by Crippen LogP contribution is -2.59. The molecule has 0 spiro atoms. The Hall–Kier alpha value is -1.02. The van der Waals surface area contributed by atoms with E-state index >= 15 is 0 Å². The minimum atomic E-state index is -3.27. The fourth-order valence-corrected chi connectivity index (χ4v) is 4.98. The van der Waals surface area contributed by atoms with Crippen LogP contribution in [-0.2, 0) is 10.0 Å². The van der Waals surface area contributed by atoms with Crippen LogP contribution in [0.1, 0.15) is 37.4 Å². The summed E-state index contributed by atoms with van der Waals surface area (Å²) in [5.41, 5.74) is 0.641. The molecule has 0 unspecified atom stereocenters. The molecule has 2 fully saturated rings. The van der Waals surface area contributed by atoms with Gasteiger partial charge in [-0.15, -0.1) is 0 Å². The average Bonchev–Trinajstić information content (AvgIpc) is 2.94. The Morgan fingerprint density at radius 2 is 1.83 bits per heavy atom. The van der Waals surface area contributed by atoms with Gasteiger partial charge in [-0.25, -0.2) is 17.5 Å². The number of benzene rings is 1. The maximum atomic E-state index is 12.9. The van der Waals surface area contributed by atoms with Gasteiger partial charge in [0, 0.05) is 25.7 Å². The molecule has 7 heteroatoms. The van der Waals surface area contributed by atoms with Crippen LogP contribution in [0.15, 0.2) is 24.3 Å². The van der Waals surface area contributed by atoms with Gasteiger partial charge in [-0.05, 0) is 30.5 Å². The van der Waals surface area contributed by atoms with Gasteiger partial charge in [0.15, 0.2) is 0 Å².